The quantitative estimate of drug-likeness (QED) is 0.489. The summed E-state index contributed by atoms with van der Waals surface area (Å²) in [5.74, 6) is 1.23. The molecule has 0 saturated heterocycles. The van der Waals surface area contributed by atoms with Gasteiger partial charge in [0.05, 0.1) is 0 Å². The maximum atomic E-state index is 6.02. The van der Waals surface area contributed by atoms with E-state index in [4.69, 9.17) is 11.6 Å². The molecule has 0 aliphatic rings. The Morgan fingerprint density at radius 1 is 1.33 bits per heavy atom. The number of halogens is 2. The van der Waals surface area contributed by atoms with Gasteiger partial charge in [-0.05, 0) is 30.0 Å². The third-order valence-electron chi connectivity index (χ3n) is 2.66. The second kappa shape index (κ2) is 7.29. The van der Waals surface area contributed by atoms with Crippen LogP contribution in [0.15, 0.2) is 28.7 Å². The van der Waals surface area contributed by atoms with Gasteiger partial charge >= 0.3 is 0 Å². The summed E-state index contributed by atoms with van der Waals surface area (Å²) in [7, 11) is 0. The van der Waals surface area contributed by atoms with Gasteiger partial charge in [0, 0.05) is 10.4 Å². The van der Waals surface area contributed by atoms with Gasteiger partial charge in [-0.25, -0.2) is 0 Å². The first-order chi connectivity index (χ1) is 7.27. The zero-order valence-corrected chi connectivity index (χ0v) is 11.5. The van der Waals surface area contributed by atoms with Crippen LogP contribution in [-0.2, 0) is 0 Å². The van der Waals surface area contributed by atoms with Crippen molar-refractivity contribution in [1.29, 1.82) is 0 Å². The maximum absolute atomic E-state index is 6.02. The van der Waals surface area contributed by atoms with Gasteiger partial charge in [0.15, 0.2) is 0 Å². The molecular formula is C13H18BrCl. The van der Waals surface area contributed by atoms with Crippen molar-refractivity contribution in [3.63, 3.8) is 0 Å². The van der Waals surface area contributed by atoms with Crippen LogP contribution in [0.25, 0.3) is 0 Å². The molecule has 15 heavy (non-hydrogen) atoms. The molecule has 1 rings (SSSR count). The molecule has 0 aromatic heterocycles. The number of unbranched alkanes of at least 4 members (excludes halogenated alkanes) is 2. The summed E-state index contributed by atoms with van der Waals surface area (Å²) in [6.07, 6.45) is 5.06. The van der Waals surface area contributed by atoms with Crippen LogP contribution in [0.1, 0.15) is 44.1 Å². The lowest BCUT2D eigenvalue weighted by molar-refractivity contribution is 0.601. The summed E-state index contributed by atoms with van der Waals surface area (Å²) >= 11 is 9.52. The molecule has 0 saturated carbocycles. The summed E-state index contributed by atoms with van der Waals surface area (Å²) in [6.45, 7) is 2.23. The minimum absolute atomic E-state index is 0.510. The van der Waals surface area contributed by atoms with Gasteiger partial charge in [-0.1, -0.05) is 54.2 Å². The van der Waals surface area contributed by atoms with Crippen molar-refractivity contribution in [2.24, 2.45) is 0 Å². The van der Waals surface area contributed by atoms with Gasteiger partial charge < -0.3 is 0 Å². The van der Waals surface area contributed by atoms with Gasteiger partial charge in [-0.15, -0.1) is 11.6 Å². The molecular weight excluding hydrogens is 272 g/mol. The standard InChI is InChI=1S/C13H18BrCl/c1-2-3-4-6-12(10-15)11-7-5-8-13(14)9-11/h5,7-9,12H,2-4,6,10H2,1H3. The molecule has 1 atom stereocenters. The second-order valence-electron chi connectivity index (χ2n) is 3.90. The number of benzene rings is 1. The van der Waals surface area contributed by atoms with Crippen LogP contribution >= 0.6 is 27.5 Å². The van der Waals surface area contributed by atoms with Gasteiger partial charge in [0.2, 0.25) is 0 Å². The lowest BCUT2D eigenvalue weighted by Gasteiger charge is -2.14. The molecule has 0 spiro atoms. The minimum Gasteiger partial charge on any atom is -0.126 e. The Morgan fingerprint density at radius 2 is 2.13 bits per heavy atom. The molecule has 0 aliphatic carbocycles. The third-order valence-corrected chi connectivity index (χ3v) is 3.53. The first kappa shape index (κ1) is 13.1. The van der Waals surface area contributed by atoms with Gasteiger partial charge in [0.1, 0.15) is 0 Å². The van der Waals surface area contributed by atoms with E-state index in [0.29, 0.717) is 5.92 Å². The average molecular weight is 290 g/mol. The molecule has 0 radical (unpaired) electrons. The van der Waals surface area contributed by atoms with Crippen molar-refractivity contribution < 1.29 is 0 Å². The summed E-state index contributed by atoms with van der Waals surface area (Å²) in [5.41, 5.74) is 1.36. The first-order valence-corrected chi connectivity index (χ1v) is 6.92. The zero-order valence-electron chi connectivity index (χ0n) is 9.18. The van der Waals surface area contributed by atoms with Crippen LogP contribution in [0.2, 0.25) is 0 Å². The normalized spacial score (nSPS) is 12.7. The van der Waals surface area contributed by atoms with Crippen molar-refractivity contribution in [3.8, 4) is 0 Å². The molecule has 0 N–H and O–H groups in total. The number of rotatable bonds is 6. The fourth-order valence-corrected chi connectivity index (χ4v) is 2.48. The Hall–Kier alpha value is -0.0100. The highest BCUT2D eigenvalue weighted by atomic mass is 79.9. The molecule has 0 bridgehead atoms. The average Bonchev–Trinajstić information content (AvgIpc) is 2.24. The number of hydrogen-bond acceptors (Lipinski definition) is 0. The highest BCUT2D eigenvalue weighted by molar-refractivity contribution is 9.10. The molecule has 2 heteroatoms. The Bertz CT molecular complexity index is 286. The summed E-state index contributed by atoms with van der Waals surface area (Å²) in [5, 5.41) is 0. The molecule has 1 unspecified atom stereocenters. The smallest absolute Gasteiger partial charge is 0.0292 e. The van der Waals surface area contributed by atoms with E-state index in [1.807, 2.05) is 0 Å². The molecule has 1 aromatic rings. The number of hydrogen-bond donors (Lipinski definition) is 0. The highest BCUT2D eigenvalue weighted by Gasteiger charge is 2.09. The van der Waals surface area contributed by atoms with E-state index >= 15 is 0 Å². The van der Waals surface area contributed by atoms with Crippen LogP contribution in [0.5, 0.6) is 0 Å². The van der Waals surface area contributed by atoms with Crippen LogP contribution in [0, 0.1) is 0 Å². The molecule has 0 aliphatic heterocycles. The van der Waals surface area contributed by atoms with Crippen molar-refractivity contribution in [1.82, 2.24) is 0 Å². The fraction of sp³-hybridized carbons (Fsp3) is 0.538. The molecule has 0 nitrogen and oxygen atoms in total. The Labute approximate surface area is 106 Å². The van der Waals surface area contributed by atoms with Crippen LogP contribution < -0.4 is 0 Å². The monoisotopic (exact) mass is 288 g/mol. The SMILES string of the molecule is CCCCCC(CCl)c1cccc(Br)c1. The summed E-state index contributed by atoms with van der Waals surface area (Å²) < 4.78 is 1.14. The number of alkyl halides is 1. The molecule has 1 aromatic carbocycles. The summed E-state index contributed by atoms with van der Waals surface area (Å²) in [4.78, 5) is 0. The van der Waals surface area contributed by atoms with E-state index in [1.165, 1.54) is 31.2 Å². The maximum Gasteiger partial charge on any atom is 0.0292 e. The van der Waals surface area contributed by atoms with E-state index in [1.54, 1.807) is 0 Å². The highest BCUT2D eigenvalue weighted by Crippen LogP contribution is 2.26. The summed E-state index contributed by atoms with van der Waals surface area (Å²) in [6, 6.07) is 8.49. The van der Waals surface area contributed by atoms with E-state index in [9.17, 15) is 0 Å². The minimum atomic E-state index is 0.510. The predicted octanol–water partition coefficient (Wildman–Crippen LogP) is 5.35. The van der Waals surface area contributed by atoms with Crippen molar-refractivity contribution in [2.75, 3.05) is 5.88 Å². The molecule has 0 fully saturated rings. The van der Waals surface area contributed by atoms with Gasteiger partial charge in [-0.2, -0.15) is 0 Å². The zero-order chi connectivity index (χ0) is 11.1. The first-order valence-electron chi connectivity index (χ1n) is 5.59. The molecule has 84 valence electrons. The van der Waals surface area contributed by atoms with E-state index in [0.717, 1.165) is 10.4 Å². The topological polar surface area (TPSA) is 0 Å². The van der Waals surface area contributed by atoms with E-state index in [2.05, 4.69) is 47.1 Å². The van der Waals surface area contributed by atoms with Crippen LogP contribution in [-0.4, -0.2) is 5.88 Å². The fourth-order valence-electron chi connectivity index (χ4n) is 1.73. The van der Waals surface area contributed by atoms with Gasteiger partial charge in [-0.3, -0.25) is 0 Å². The Kier molecular flexibility index (Phi) is 6.35. The predicted molar refractivity (Wildman–Crippen MR) is 71.7 cm³/mol. The Balaban J connectivity index is 2.57. The molecule has 0 heterocycles. The van der Waals surface area contributed by atoms with Crippen LogP contribution in [0.3, 0.4) is 0 Å². The lowest BCUT2D eigenvalue weighted by Crippen LogP contribution is -2.00. The third kappa shape index (κ3) is 4.56. The van der Waals surface area contributed by atoms with E-state index in [-0.39, 0.29) is 0 Å². The van der Waals surface area contributed by atoms with E-state index < -0.39 is 0 Å². The van der Waals surface area contributed by atoms with Crippen LogP contribution in [0.4, 0.5) is 0 Å². The van der Waals surface area contributed by atoms with Crippen molar-refractivity contribution in [3.05, 3.63) is 34.3 Å². The lowest BCUT2D eigenvalue weighted by atomic mass is 9.95. The van der Waals surface area contributed by atoms with Gasteiger partial charge in [0.25, 0.3) is 0 Å². The Morgan fingerprint density at radius 3 is 2.73 bits per heavy atom. The second-order valence-corrected chi connectivity index (χ2v) is 5.13. The largest absolute Gasteiger partial charge is 0.126 e. The van der Waals surface area contributed by atoms with Crippen molar-refractivity contribution in [2.45, 2.75) is 38.5 Å². The van der Waals surface area contributed by atoms with Crippen molar-refractivity contribution >= 4 is 27.5 Å². The molecule has 0 amide bonds.